The van der Waals surface area contributed by atoms with Crippen LogP contribution in [0.4, 0.5) is 5.69 Å². The molecule has 0 saturated heterocycles. The number of aryl methyl sites for hydroxylation is 1. The third kappa shape index (κ3) is 5.30. The summed E-state index contributed by atoms with van der Waals surface area (Å²) in [6.07, 6.45) is 2.92. The summed E-state index contributed by atoms with van der Waals surface area (Å²) in [6.45, 7) is 5.70. The third-order valence-corrected chi connectivity index (χ3v) is 2.98. The molecule has 0 atom stereocenters. The number of anilines is 1. The van der Waals surface area contributed by atoms with Gasteiger partial charge >= 0.3 is 0 Å². The lowest BCUT2D eigenvalue weighted by Crippen LogP contribution is -2.22. The van der Waals surface area contributed by atoms with Crippen LogP contribution in [-0.4, -0.2) is 30.7 Å². The lowest BCUT2D eigenvalue weighted by Gasteiger charge is -2.11. The molecule has 0 aliphatic rings. The number of nitrogens with one attached hydrogen (secondary N) is 2. The Morgan fingerprint density at radius 3 is 2.68 bits per heavy atom. The lowest BCUT2D eigenvalue weighted by atomic mass is 10.1. The lowest BCUT2D eigenvalue weighted by molar-refractivity contribution is 0.0956. The van der Waals surface area contributed by atoms with Crippen molar-refractivity contribution < 1.29 is 9.90 Å². The normalized spacial score (nSPS) is 10.3. The molecular weight excluding hydrogens is 240 g/mol. The Labute approximate surface area is 115 Å². The van der Waals surface area contributed by atoms with E-state index >= 15 is 0 Å². The molecule has 4 heteroatoms. The molecule has 0 bridgehead atoms. The molecule has 0 unspecified atom stereocenters. The van der Waals surface area contributed by atoms with Crippen LogP contribution in [0, 0.1) is 6.92 Å². The summed E-state index contributed by atoms with van der Waals surface area (Å²) in [4.78, 5) is 11.7. The van der Waals surface area contributed by atoms with E-state index in [0.29, 0.717) is 12.1 Å². The van der Waals surface area contributed by atoms with Gasteiger partial charge in [-0.05, 0) is 56.9 Å². The number of hydrogen-bond acceptors (Lipinski definition) is 3. The Bertz CT molecular complexity index is 405. The van der Waals surface area contributed by atoms with Gasteiger partial charge in [0.25, 0.3) is 5.91 Å². The molecule has 0 aromatic heterocycles. The molecule has 0 fully saturated rings. The van der Waals surface area contributed by atoms with Crippen molar-refractivity contribution in [1.82, 2.24) is 5.32 Å². The molecule has 0 radical (unpaired) electrons. The quantitative estimate of drug-likeness (QED) is 0.631. The van der Waals surface area contributed by atoms with Crippen LogP contribution in [0.25, 0.3) is 0 Å². The van der Waals surface area contributed by atoms with Gasteiger partial charge in [0, 0.05) is 30.9 Å². The van der Waals surface area contributed by atoms with E-state index in [-0.39, 0.29) is 12.5 Å². The standard InChI is InChI=1S/C15H24N2O2/c1-3-16-15(19)13-7-8-14(12(2)11-13)17-9-5-4-6-10-18/h7-8,11,17-18H,3-6,9-10H2,1-2H3,(H,16,19). The van der Waals surface area contributed by atoms with Gasteiger partial charge in [-0.1, -0.05) is 0 Å². The SMILES string of the molecule is CCNC(=O)c1ccc(NCCCCCO)c(C)c1. The van der Waals surface area contributed by atoms with Gasteiger partial charge < -0.3 is 15.7 Å². The van der Waals surface area contributed by atoms with E-state index in [0.717, 1.165) is 37.1 Å². The monoisotopic (exact) mass is 264 g/mol. The fourth-order valence-electron chi connectivity index (χ4n) is 1.90. The molecule has 106 valence electrons. The Morgan fingerprint density at radius 2 is 2.05 bits per heavy atom. The third-order valence-electron chi connectivity index (χ3n) is 2.98. The zero-order valence-corrected chi connectivity index (χ0v) is 11.8. The van der Waals surface area contributed by atoms with E-state index in [4.69, 9.17) is 5.11 Å². The predicted molar refractivity (Wildman–Crippen MR) is 78.6 cm³/mol. The first-order chi connectivity index (χ1) is 9.19. The van der Waals surface area contributed by atoms with Crippen LogP contribution in [0.2, 0.25) is 0 Å². The minimum Gasteiger partial charge on any atom is -0.396 e. The van der Waals surface area contributed by atoms with Gasteiger partial charge in [0.15, 0.2) is 0 Å². The number of carbonyl (C=O) groups excluding carboxylic acids is 1. The maximum atomic E-state index is 11.7. The van der Waals surface area contributed by atoms with Crippen molar-refractivity contribution in [3.8, 4) is 0 Å². The molecule has 3 N–H and O–H groups in total. The van der Waals surface area contributed by atoms with Crippen LogP contribution in [0.1, 0.15) is 42.1 Å². The van der Waals surface area contributed by atoms with Crippen LogP contribution in [-0.2, 0) is 0 Å². The zero-order valence-electron chi connectivity index (χ0n) is 11.8. The molecular formula is C15H24N2O2. The summed E-state index contributed by atoms with van der Waals surface area (Å²) in [7, 11) is 0. The zero-order chi connectivity index (χ0) is 14.1. The number of amides is 1. The van der Waals surface area contributed by atoms with Gasteiger partial charge in [-0.2, -0.15) is 0 Å². The van der Waals surface area contributed by atoms with Crippen LogP contribution in [0.15, 0.2) is 18.2 Å². The van der Waals surface area contributed by atoms with E-state index in [9.17, 15) is 4.79 Å². The van der Waals surface area contributed by atoms with Crippen LogP contribution in [0.3, 0.4) is 0 Å². The van der Waals surface area contributed by atoms with Gasteiger partial charge in [-0.3, -0.25) is 4.79 Å². The van der Waals surface area contributed by atoms with Crippen LogP contribution >= 0.6 is 0 Å². The second-order valence-corrected chi connectivity index (χ2v) is 4.60. The average molecular weight is 264 g/mol. The van der Waals surface area contributed by atoms with Crippen LogP contribution < -0.4 is 10.6 Å². The molecule has 0 spiro atoms. The highest BCUT2D eigenvalue weighted by Crippen LogP contribution is 2.16. The summed E-state index contributed by atoms with van der Waals surface area (Å²) in [6, 6.07) is 5.70. The second-order valence-electron chi connectivity index (χ2n) is 4.60. The van der Waals surface area contributed by atoms with Gasteiger partial charge in [0.2, 0.25) is 0 Å². The van der Waals surface area contributed by atoms with Crippen molar-refractivity contribution >= 4 is 11.6 Å². The Hall–Kier alpha value is -1.55. The van der Waals surface area contributed by atoms with Crippen molar-refractivity contribution in [3.63, 3.8) is 0 Å². The summed E-state index contributed by atoms with van der Waals surface area (Å²) in [5.41, 5.74) is 2.84. The Morgan fingerprint density at radius 1 is 1.26 bits per heavy atom. The highest BCUT2D eigenvalue weighted by molar-refractivity contribution is 5.94. The van der Waals surface area contributed by atoms with E-state index in [1.165, 1.54) is 0 Å². The van der Waals surface area contributed by atoms with Crippen molar-refractivity contribution in [1.29, 1.82) is 0 Å². The van der Waals surface area contributed by atoms with Crippen molar-refractivity contribution in [2.24, 2.45) is 0 Å². The predicted octanol–water partition coefficient (Wildman–Crippen LogP) is 2.32. The summed E-state index contributed by atoms with van der Waals surface area (Å²) < 4.78 is 0. The molecule has 0 aliphatic heterocycles. The molecule has 1 aromatic carbocycles. The number of aliphatic hydroxyl groups is 1. The average Bonchev–Trinajstić information content (AvgIpc) is 2.40. The van der Waals surface area contributed by atoms with E-state index in [1.807, 2.05) is 32.0 Å². The highest BCUT2D eigenvalue weighted by atomic mass is 16.2. The summed E-state index contributed by atoms with van der Waals surface area (Å²) in [5.74, 6) is -0.0277. The fraction of sp³-hybridized carbons (Fsp3) is 0.533. The molecule has 0 heterocycles. The Kier molecular flexibility index (Phi) is 6.97. The molecule has 19 heavy (non-hydrogen) atoms. The second kappa shape index (κ2) is 8.53. The minimum atomic E-state index is -0.0277. The number of hydrogen-bond donors (Lipinski definition) is 3. The van der Waals surface area contributed by atoms with E-state index in [2.05, 4.69) is 10.6 Å². The number of carbonyl (C=O) groups is 1. The number of rotatable bonds is 8. The van der Waals surface area contributed by atoms with Crippen molar-refractivity contribution in [2.45, 2.75) is 33.1 Å². The smallest absolute Gasteiger partial charge is 0.251 e. The number of benzene rings is 1. The summed E-state index contributed by atoms with van der Waals surface area (Å²) >= 11 is 0. The largest absolute Gasteiger partial charge is 0.396 e. The topological polar surface area (TPSA) is 61.4 Å². The summed E-state index contributed by atoms with van der Waals surface area (Å²) in [5, 5.41) is 14.8. The number of aliphatic hydroxyl groups excluding tert-OH is 1. The van der Waals surface area contributed by atoms with Crippen molar-refractivity contribution in [3.05, 3.63) is 29.3 Å². The first kappa shape index (κ1) is 15.5. The van der Waals surface area contributed by atoms with Crippen molar-refractivity contribution in [2.75, 3.05) is 25.0 Å². The van der Waals surface area contributed by atoms with E-state index in [1.54, 1.807) is 0 Å². The molecule has 1 amide bonds. The maximum absolute atomic E-state index is 11.7. The minimum absolute atomic E-state index is 0.0277. The molecule has 0 aliphatic carbocycles. The maximum Gasteiger partial charge on any atom is 0.251 e. The molecule has 0 saturated carbocycles. The molecule has 1 rings (SSSR count). The van der Waals surface area contributed by atoms with Gasteiger partial charge in [0.05, 0.1) is 0 Å². The van der Waals surface area contributed by atoms with Gasteiger partial charge in [0.1, 0.15) is 0 Å². The first-order valence-electron chi connectivity index (χ1n) is 6.92. The van der Waals surface area contributed by atoms with Gasteiger partial charge in [-0.15, -0.1) is 0 Å². The highest BCUT2D eigenvalue weighted by Gasteiger charge is 2.06. The van der Waals surface area contributed by atoms with Gasteiger partial charge in [-0.25, -0.2) is 0 Å². The molecule has 4 nitrogen and oxygen atoms in total. The number of unbranched alkanes of at least 4 members (excludes halogenated alkanes) is 2. The fourth-order valence-corrected chi connectivity index (χ4v) is 1.90. The Balaban J connectivity index is 2.50. The molecule has 1 aromatic rings. The van der Waals surface area contributed by atoms with E-state index < -0.39 is 0 Å². The first-order valence-corrected chi connectivity index (χ1v) is 6.92. The van der Waals surface area contributed by atoms with Crippen LogP contribution in [0.5, 0.6) is 0 Å².